The Hall–Kier alpha value is -1.10. The molecule has 2 atom stereocenters. The average molecular weight is 326 g/mol. The van der Waals surface area contributed by atoms with Gasteiger partial charge in [0.1, 0.15) is 0 Å². The number of rotatable bonds is 4. The van der Waals surface area contributed by atoms with Crippen LogP contribution in [0.15, 0.2) is 18.2 Å². The number of carbonyl (C=O) groups excluding carboxylic acids is 1. The number of carbonyl (C=O) groups is 1. The number of aryl methyl sites for hydroxylation is 2. The first kappa shape index (κ1) is 18.9. The van der Waals surface area contributed by atoms with E-state index >= 15 is 0 Å². The van der Waals surface area contributed by atoms with Crippen LogP contribution in [0.1, 0.15) is 31.4 Å². The molecular formula is C17H28ClN3O. The minimum atomic E-state index is 0. The maximum Gasteiger partial charge on any atom is 0.238 e. The number of nitrogens with zero attached hydrogens (tertiary/aromatic N) is 1. The molecule has 1 aliphatic rings. The molecule has 124 valence electrons. The number of likely N-dealkylation sites (tertiary alicyclic amines) is 1. The highest BCUT2D eigenvalue weighted by atomic mass is 35.5. The fourth-order valence-corrected chi connectivity index (χ4v) is 2.98. The van der Waals surface area contributed by atoms with Crippen molar-refractivity contribution in [2.75, 3.05) is 25.0 Å². The second-order valence-electron chi connectivity index (χ2n) is 6.18. The second kappa shape index (κ2) is 8.51. The molecule has 1 heterocycles. The van der Waals surface area contributed by atoms with Gasteiger partial charge in [0.15, 0.2) is 0 Å². The molecule has 0 aliphatic carbocycles. The number of nitrogens with two attached hydrogens (primary N) is 1. The van der Waals surface area contributed by atoms with E-state index in [4.69, 9.17) is 5.73 Å². The Bertz CT molecular complexity index is 507. The molecule has 1 saturated heterocycles. The maximum atomic E-state index is 12.3. The van der Waals surface area contributed by atoms with Gasteiger partial charge in [0, 0.05) is 24.8 Å². The van der Waals surface area contributed by atoms with Crippen LogP contribution < -0.4 is 11.1 Å². The summed E-state index contributed by atoms with van der Waals surface area (Å²) in [5.41, 5.74) is 9.32. The van der Waals surface area contributed by atoms with Crippen LogP contribution >= 0.6 is 12.4 Å². The lowest BCUT2D eigenvalue weighted by molar-refractivity contribution is -0.117. The van der Waals surface area contributed by atoms with E-state index < -0.39 is 0 Å². The first-order valence-corrected chi connectivity index (χ1v) is 7.87. The predicted molar refractivity (Wildman–Crippen MR) is 94.6 cm³/mol. The first-order chi connectivity index (χ1) is 10.0. The number of benzene rings is 1. The Morgan fingerprint density at radius 1 is 1.45 bits per heavy atom. The molecule has 4 nitrogen and oxygen atoms in total. The van der Waals surface area contributed by atoms with Crippen molar-refractivity contribution < 1.29 is 4.79 Å². The van der Waals surface area contributed by atoms with Gasteiger partial charge >= 0.3 is 0 Å². The van der Waals surface area contributed by atoms with Crippen molar-refractivity contribution >= 4 is 24.0 Å². The Morgan fingerprint density at radius 2 is 2.18 bits per heavy atom. The zero-order valence-corrected chi connectivity index (χ0v) is 14.6. The monoisotopic (exact) mass is 325 g/mol. The largest absolute Gasteiger partial charge is 0.327 e. The van der Waals surface area contributed by atoms with Gasteiger partial charge in [0.25, 0.3) is 0 Å². The molecule has 0 saturated carbocycles. The fraction of sp³-hybridized carbons (Fsp3) is 0.588. The van der Waals surface area contributed by atoms with E-state index in [9.17, 15) is 4.79 Å². The van der Waals surface area contributed by atoms with Crippen LogP contribution in [0.2, 0.25) is 0 Å². The molecule has 0 aromatic heterocycles. The Labute approximate surface area is 139 Å². The smallest absolute Gasteiger partial charge is 0.238 e. The molecule has 3 N–H and O–H groups in total. The van der Waals surface area contributed by atoms with E-state index in [1.807, 2.05) is 19.1 Å². The van der Waals surface area contributed by atoms with E-state index in [0.717, 1.165) is 37.2 Å². The molecule has 1 fully saturated rings. The van der Waals surface area contributed by atoms with Gasteiger partial charge in [0.05, 0.1) is 6.54 Å². The summed E-state index contributed by atoms with van der Waals surface area (Å²) >= 11 is 0. The maximum absolute atomic E-state index is 12.3. The number of halogens is 1. The van der Waals surface area contributed by atoms with Gasteiger partial charge in [-0.3, -0.25) is 9.69 Å². The van der Waals surface area contributed by atoms with E-state index in [1.165, 1.54) is 5.56 Å². The first-order valence-electron chi connectivity index (χ1n) is 7.87. The summed E-state index contributed by atoms with van der Waals surface area (Å²) in [6, 6.07) is 6.42. The normalized spacial score (nSPS) is 22.0. The topological polar surface area (TPSA) is 58.4 Å². The Morgan fingerprint density at radius 3 is 2.82 bits per heavy atom. The van der Waals surface area contributed by atoms with E-state index in [0.29, 0.717) is 12.5 Å². The van der Waals surface area contributed by atoms with Crippen molar-refractivity contribution in [2.24, 2.45) is 11.7 Å². The molecular weight excluding hydrogens is 298 g/mol. The fourth-order valence-electron chi connectivity index (χ4n) is 2.98. The number of anilines is 1. The van der Waals surface area contributed by atoms with Gasteiger partial charge in [-0.15, -0.1) is 12.4 Å². The van der Waals surface area contributed by atoms with Crippen LogP contribution in [0, 0.1) is 12.8 Å². The molecule has 2 unspecified atom stereocenters. The quantitative estimate of drug-likeness (QED) is 0.894. The SMILES string of the molecule is CCc1cccc(C)c1NC(=O)CN1CCC(N)C(C)C1.Cl. The lowest BCUT2D eigenvalue weighted by atomic mass is 9.95. The standard InChI is InChI=1S/C17H27N3O.ClH/c1-4-14-7-5-6-12(2)17(14)19-16(21)11-20-9-8-15(18)13(3)10-20;/h5-7,13,15H,4,8-11,18H2,1-3H3,(H,19,21);1H. The molecule has 1 aromatic carbocycles. The number of hydrogen-bond donors (Lipinski definition) is 2. The van der Waals surface area contributed by atoms with Crippen LogP contribution in [0.5, 0.6) is 0 Å². The van der Waals surface area contributed by atoms with Gasteiger partial charge in [0.2, 0.25) is 5.91 Å². The number of nitrogens with one attached hydrogen (secondary N) is 1. The van der Waals surface area contributed by atoms with Crippen LogP contribution in [0.3, 0.4) is 0 Å². The van der Waals surface area contributed by atoms with Gasteiger partial charge in [-0.1, -0.05) is 32.0 Å². The zero-order valence-electron chi connectivity index (χ0n) is 13.8. The third-order valence-electron chi connectivity index (χ3n) is 4.43. The summed E-state index contributed by atoms with van der Waals surface area (Å²) in [7, 11) is 0. The molecule has 0 radical (unpaired) electrons. The predicted octanol–water partition coefficient (Wildman–Crippen LogP) is 2.59. The average Bonchev–Trinajstić information content (AvgIpc) is 2.45. The van der Waals surface area contributed by atoms with Crippen molar-refractivity contribution in [3.05, 3.63) is 29.3 Å². The molecule has 1 amide bonds. The molecule has 0 bridgehead atoms. The Kier molecular flexibility index (Phi) is 7.33. The van der Waals surface area contributed by atoms with Crippen LogP contribution in [-0.2, 0) is 11.2 Å². The highest BCUT2D eigenvalue weighted by Crippen LogP contribution is 2.21. The zero-order chi connectivity index (χ0) is 15.4. The van der Waals surface area contributed by atoms with Crippen LogP contribution in [-0.4, -0.2) is 36.5 Å². The molecule has 1 aliphatic heterocycles. The van der Waals surface area contributed by atoms with Gasteiger partial charge in [-0.25, -0.2) is 0 Å². The van der Waals surface area contributed by atoms with Crippen molar-refractivity contribution in [3.8, 4) is 0 Å². The second-order valence-corrected chi connectivity index (χ2v) is 6.18. The molecule has 0 spiro atoms. The summed E-state index contributed by atoms with van der Waals surface area (Å²) < 4.78 is 0. The lowest BCUT2D eigenvalue weighted by Crippen LogP contribution is -2.48. The van der Waals surface area contributed by atoms with Crippen molar-refractivity contribution in [2.45, 2.75) is 39.7 Å². The number of hydrogen-bond acceptors (Lipinski definition) is 3. The molecule has 5 heteroatoms. The van der Waals surface area contributed by atoms with Crippen molar-refractivity contribution in [1.82, 2.24) is 4.90 Å². The van der Waals surface area contributed by atoms with Crippen molar-refractivity contribution in [3.63, 3.8) is 0 Å². The van der Waals surface area contributed by atoms with Gasteiger partial charge in [-0.2, -0.15) is 0 Å². The Balaban J connectivity index is 0.00000242. The highest BCUT2D eigenvalue weighted by Gasteiger charge is 2.24. The molecule has 1 aromatic rings. The number of para-hydroxylation sites is 1. The van der Waals surface area contributed by atoms with Crippen LogP contribution in [0.25, 0.3) is 0 Å². The van der Waals surface area contributed by atoms with Gasteiger partial charge < -0.3 is 11.1 Å². The minimum Gasteiger partial charge on any atom is -0.327 e. The van der Waals surface area contributed by atoms with E-state index in [-0.39, 0.29) is 24.4 Å². The number of piperidine rings is 1. The summed E-state index contributed by atoms with van der Waals surface area (Å²) in [6.45, 7) is 8.57. The van der Waals surface area contributed by atoms with Gasteiger partial charge in [-0.05, 0) is 36.8 Å². The number of amides is 1. The summed E-state index contributed by atoms with van der Waals surface area (Å²) in [5, 5.41) is 3.09. The third kappa shape index (κ3) is 4.70. The van der Waals surface area contributed by atoms with E-state index in [1.54, 1.807) is 0 Å². The summed E-state index contributed by atoms with van der Waals surface area (Å²) in [5.74, 6) is 0.526. The molecule has 2 rings (SSSR count). The minimum absolute atomic E-state index is 0. The van der Waals surface area contributed by atoms with Crippen LogP contribution in [0.4, 0.5) is 5.69 Å². The molecule has 22 heavy (non-hydrogen) atoms. The van der Waals surface area contributed by atoms with E-state index in [2.05, 4.69) is 30.1 Å². The van der Waals surface area contributed by atoms with Crippen molar-refractivity contribution in [1.29, 1.82) is 0 Å². The summed E-state index contributed by atoms with van der Waals surface area (Å²) in [4.78, 5) is 14.5. The highest BCUT2D eigenvalue weighted by molar-refractivity contribution is 5.93. The third-order valence-corrected chi connectivity index (χ3v) is 4.43. The summed E-state index contributed by atoms with van der Waals surface area (Å²) in [6.07, 6.45) is 1.89. The lowest BCUT2D eigenvalue weighted by Gasteiger charge is -2.34.